The molecule has 0 radical (unpaired) electrons. The molecule has 0 bridgehead atoms. The maximum atomic E-state index is 10.9. The number of primary amides is 1. The number of carbonyl (C=O) groups excluding carboxylic acids is 1. The van der Waals surface area contributed by atoms with E-state index in [0.717, 1.165) is 4.90 Å². The van der Waals surface area contributed by atoms with Gasteiger partial charge in [0.25, 0.3) is 0 Å². The van der Waals surface area contributed by atoms with Crippen LogP contribution in [0.2, 0.25) is 0 Å². The molecular formula is C11H13NO3S. The minimum absolute atomic E-state index is 0.298. The standard InChI is InChI=1S/C11H13NO3S/c12-10(13)6-3-7-16-9-5-2-1-4-8(9)11(14)15/h1-2,4-5H,3,6-7H2,(H2,12,13)(H,14,15). The van der Waals surface area contributed by atoms with E-state index in [4.69, 9.17) is 10.8 Å². The van der Waals surface area contributed by atoms with Crippen LogP contribution in [0.5, 0.6) is 0 Å². The van der Waals surface area contributed by atoms with E-state index < -0.39 is 5.97 Å². The zero-order chi connectivity index (χ0) is 12.0. The zero-order valence-corrected chi connectivity index (χ0v) is 9.50. The first kappa shape index (κ1) is 12.6. The van der Waals surface area contributed by atoms with Gasteiger partial charge in [-0.25, -0.2) is 4.79 Å². The van der Waals surface area contributed by atoms with E-state index in [1.165, 1.54) is 11.8 Å². The Morgan fingerprint density at radius 1 is 1.31 bits per heavy atom. The molecule has 0 aliphatic rings. The highest BCUT2D eigenvalue weighted by Gasteiger charge is 2.08. The zero-order valence-electron chi connectivity index (χ0n) is 8.68. The van der Waals surface area contributed by atoms with Crippen LogP contribution < -0.4 is 5.73 Å². The number of thioether (sulfide) groups is 1. The van der Waals surface area contributed by atoms with E-state index in [2.05, 4.69) is 0 Å². The first-order chi connectivity index (χ1) is 7.61. The molecule has 0 unspecified atom stereocenters. The highest BCUT2D eigenvalue weighted by Crippen LogP contribution is 2.23. The van der Waals surface area contributed by atoms with Gasteiger partial charge in [-0.1, -0.05) is 12.1 Å². The molecule has 0 heterocycles. The number of carboxylic acids is 1. The molecule has 0 aliphatic carbocycles. The van der Waals surface area contributed by atoms with E-state index in [1.807, 2.05) is 0 Å². The molecule has 0 saturated carbocycles. The van der Waals surface area contributed by atoms with Crippen molar-refractivity contribution in [1.82, 2.24) is 0 Å². The summed E-state index contributed by atoms with van der Waals surface area (Å²) in [5.74, 6) is -0.571. The predicted octanol–water partition coefficient (Wildman–Crippen LogP) is 1.74. The Labute approximate surface area is 97.8 Å². The van der Waals surface area contributed by atoms with Crippen molar-refractivity contribution in [2.24, 2.45) is 5.73 Å². The molecule has 1 aromatic rings. The molecule has 0 saturated heterocycles. The highest BCUT2D eigenvalue weighted by molar-refractivity contribution is 7.99. The Balaban J connectivity index is 2.53. The Morgan fingerprint density at radius 3 is 2.62 bits per heavy atom. The Bertz CT molecular complexity index is 393. The van der Waals surface area contributed by atoms with Crippen molar-refractivity contribution in [3.8, 4) is 0 Å². The third-order valence-electron chi connectivity index (χ3n) is 1.94. The Hall–Kier alpha value is -1.49. The van der Waals surface area contributed by atoms with E-state index in [-0.39, 0.29) is 5.91 Å². The monoisotopic (exact) mass is 239 g/mol. The molecule has 1 rings (SSSR count). The molecule has 16 heavy (non-hydrogen) atoms. The second-order valence-corrected chi connectivity index (χ2v) is 4.36. The number of amides is 1. The molecule has 0 aliphatic heterocycles. The fourth-order valence-electron chi connectivity index (χ4n) is 1.20. The molecule has 4 nitrogen and oxygen atoms in total. The van der Waals surface area contributed by atoms with Crippen molar-refractivity contribution >= 4 is 23.6 Å². The number of aromatic carboxylic acids is 1. The maximum absolute atomic E-state index is 10.9. The second-order valence-electron chi connectivity index (χ2n) is 3.22. The van der Waals surface area contributed by atoms with Crippen LogP contribution in [-0.2, 0) is 4.79 Å². The SMILES string of the molecule is NC(=O)CCCSc1ccccc1C(=O)O. The number of nitrogens with two attached hydrogens (primary N) is 1. The molecule has 5 heteroatoms. The summed E-state index contributed by atoms with van der Waals surface area (Å²) in [7, 11) is 0. The molecule has 3 N–H and O–H groups in total. The molecule has 1 amide bonds. The average Bonchev–Trinajstić information content (AvgIpc) is 2.24. The van der Waals surface area contributed by atoms with Crippen LogP contribution in [0.1, 0.15) is 23.2 Å². The van der Waals surface area contributed by atoms with Gasteiger partial charge in [-0.2, -0.15) is 0 Å². The van der Waals surface area contributed by atoms with E-state index >= 15 is 0 Å². The van der Waals surface area contributed by atoms with Gasteiger partial charge in [0.2, 0.25) is 5.91 Å². The smallest absolute Gasteiger partial charge is 0.336 e. The Morgan fingerprint density at radius 2 is 2.00 bits per heavy atom. The summed E-state index contributed by atoms with van der Waals surface area (Å²) in [6, 6.07) is 6.82. The topological polar surface area (TPSA) is 80.4 Å². The summed E-state index contributed by atoms with van der Waals surface area (Å²) in [4.78, 5) is 22.1. The summed E-state index contributed by atoms with van der Waals surface area (Å²) in [6.07, 6.45) is 0.996. The normalized spacial score (nSPS) is 10.0. The third-order valence-corrected chi connectivity index (χ3v) is 3.10. The molecule has 0 fully saturated rings. The minimum atomic E-state index is -0.932. The van der Waals surface area contributed by atoms with Crippen LogP contribution in [0, 0.1) is 0 Å². The number of carbonyl (C=O) groups is 2. The summed E-state index contributed by atoms with van der Waals surface area (Å²) in [5.41, 5.74) is 5.31. The number of benzene rings is 1. The summed E-state index contributed by atoms with van der Waals surface area (Å²) >= 11 is 1.43. The van der Waals surface area contributed by atoms with Crippen LogP contribution in [0.15, 0.2) is 29.2 Å². The summed E-state index contributed by atoms with van der Waals surface area (Å²) in [5, 5.41) is 8.92. The highest BCUT2D eigenvalue weighted by atomic mass is 32.2. The number of rotatable bonds is 6. The lowest BCUT2D eigenvalue weighted by atomic mass is 10.2. The Kier molecular flexibility index (Phi) is 4.85. The van der Waals surface area contributed by atoms with Gasteiger partial charge in [0.15, 0.2) is 0 Å². The fraction of sp³-hybridized carbons (Fsp3) is 0.273. The molecule has 86 valence electrons. The lowest BCUT2D eigenvalue weighted by Crippen LogP contribution is -2.10. The van der Waals surface area contributed by atoms with Gasteiger partial charge in [-0.3, -0.25) is 4.79 Å². The van der Waals surface area contributed by atoms with Crippen molar-refractivity contribution < 1.29 is 14.7 Å². The first-order valence-electron chi connectivity index (χ1n) is 4.84. The maximum Gasteiger partial charge on any atom is 0.336 e. The van der Waals surface area contributed by atoms with Crippen LogP contribution in [0.4, 0.5) is 0 Å². The first-order valence-corrected chi connectivity index (χ1v) is 5.83. The predicted molar refractivity (Wildman–Crippen MR) is 62.6 cm³/mol. The van der Waals surface area contributed by atoms with E-state index in [9.17, 15) is 9.59 Å². The number of hydrogen-bond donors (Lipinski definition) is 2. The van der Waals surface area contributed by atoms with E-state index in [0.29, 0.717) is 24.2 Å². The quantitative estimate of drug-likeness (QED) is 0.585. The van der Waals surface area contributed by atoms with Gasteiger partial charge in [-0.15, -0.1) is 11.8 Å². The lowest BCUT2D eigenvalue weighted by Gasteiger charge is -2.04. The van der Waals surface area contributed by atoms with Crippen molar-refractivity contribution in [2.45, 2.75) is 17.7 Å². The van der Waals surface area contributed by atoms with Gasteiger partial charge in [-0.05, 0) is 24.3 Å². The van der Waals surface area contributed by atoms with Crippen LogP contribution in [-0.4, -0.2) is 22.7 Å². The lowest BCUT2D eigenvalue weighted by molar-refractivity contribution is -0.118. The van der Waals surface area contributed by atoms with Gasteiger partial charge in [0, 0.05) is 11.3 Å². The van der Waals surface area contributed by atoms with Crippen LogP contribution >= 0.6 is 11.8 Å². The molecule has 0 atom stereocenters. The third kappa shape index (κ3) is 3.94. The van der Waals surface area contributed by atoms with Crippen LogP contribution in [0.3, 0.4) is 0 Å². The fourth-order valence-corrected chi connectivity index (χ4v) is 2.19. The number of hydrogen-bond acceptors (Lipinski definition) is 3. The van der Waals surface area contributed by atoms with Crippen LogP contribution in [0.25, 0.3) is 0 Å². The molecule has 1 aromatic carbocycles. The second kappa shape index (κ2) is 6.17. The van der Waals surface area contributed by atoms with Gasteiger partial charge >= 0.3 is 5.97 Å². The molecule has 0 spiro atoms. The molecular weight excluding hydrogens is 226 g/mol. The van der Waals surface area contributed by atoms with Gasteiger partial charge in [0.05, 0.1) is 5.56 Å². The van der Waals surface area contributed by atoms with E-state index in [1.54, 1.807) is 24.3 Å². The van der Waals surface area contributed by atoms with Crippen molar-refractivity contribution in [2.75, 3.05) is 5.75 Å². The average molecular weight is 239 g/mol. The summed E-state index contributed by atoms with van der Waals surface area (Å²) in [6.45, 7) is 0. The van der Waals surface area contributed by atoms with Gasteiger partial charge in [0.1, 0.15) is 0 Å². The largest absolute Gasteiger partial charge is 0.478 e. The van der Waals surface area contributed by atoms with Gasteiger partial charge < -0.3 is 10.8 Å². The number of carboxylic acid groups (broad SMARTS) is 1. The van der Waals surface area contributed by atoms with Crippen molar-refractivity contribution in [3.63, 3.8) is 0 Å². The molecule has 0 aromatic heterocycles. The minimum Gasteiger partial charge on any atom is -0.478 e. The van der Waals surface area contributed by atoms with Crippen molar-refractivity contribution in [1.29, 1.82) is 0 Å². The summed E-state index contributed by atoms with van der Waals surface area (Å²) < 4.78 is 0. The van der Waals surface area contributed by atoms with Crippen molar-refractivity contribution in [3.05, 3.63) is 29.8 Å².